The average molecular weight is 168 g/mol. The summed E-state index contributed by atoms with van der Waals surface area (Å²) in [6, 6.07) is 0. The van der Waals surface area contributed by atoms with Gasteiger partial charge in [-0.1, -0.05) is 13.3 Å². The largest absolute Gasteiger partial charge is 0.326 e. The van der Waals surface area contributed by atoms with Crippen LogP contribution >= 0.6 is 0 Å². The highest BCUT2D eigenvalue weighted by Gasteiger charge is 2.45. The molecular formula is C11H22N+. The SMILES string of the molecule is CCCC12CC[N+](C)(CC1)CC2. The van der Waals surface area contributed by atoms with Crippen LogP contribution in [-0.2, 0) is 0 Å². The monoisotopic (exact) mass is 168 g/mol. The molecule has 12 heavy (non-hydrogen) atoms. The van der Waals surface area contributed by atoms with E-state index >= 15 is 0 Å². The van der Waals surface area contributed by atoms with Crippen LogP contribution in [0.25, 0.3) is 0 Å². The van der Waals surface area contributed by atoms with Gasteiger partial charge in [-0.2, -0.15) is 0 Å². The van der Waals surface area contributed by atoms with Crippen molar-refractivity contribution in [3.05, 3.63) is 0 Å². The first-order chi connectivity index (χ1) is 5.68. The smallest absolute Gasteiger partial charge is 0.0790 e. The second kappa shape index (κ2) is 2.73. The molecule has 70 valence electrons. The van der Waals surface area contributed by atoms with Crippen LogP contribution in [0.15, 0.2) is 0 Å². The van der Waals surface area contributed by atoms with Crippen molar-refractivity contribution in [1.29, 1.82) is 0 Å². The molecule has 3 saturated heterocycles. The second-order valence-corrected chi connectivity index (χ2v) is 5.29. The predicted octanol–water partition coefficient (Wildman–Crippen LogP) is 2.42. The molecule has 0 unspecified atom stereocenters. The van der Waals surface area contributed by atoms with Gasteiger partial charge < -0.3 is 4.48 Å². The van der Waals surface area contributed by atoms with Crippen molar-refractivity contribution in [2.75, 3.05) is 26.7 Å². The Hall–Kier alpha value is -0.0400. The van der Waals surface area contributed by atoms with Crippen LogP contribution in [-0.4, -0.2) is 31.2 Å². The molecule has 0 aromatic heterocycles. The first kappa shape index (κ1) is 8.55. The van der Waals surface area contributed by atoms with Gasteiger partial charge in [0.1, 0.15) is 0 Å². The number of hydrogen-bond acceptors (Lipinski definition) is 0. The maximum absolute atomic E-state index is 2.44. The van der Waals surface area contributed by atoms with Gasteiger partial charge in [-0.25, -0.2) is 0 Å². The third-order valence-electron chi connectivity index (χ3n) is 4.33. The molecule has 0 aromatic rings. The normalized spacial score (nSPS) is 46.5. The molecule has 3 rings (SSSR count). The minimum absolute atomic E-state index is 0.796. The van der Waals surface area contributed by atoms with Crippen LogP contribution < -0.4 is 0 Å². The zero-order valence-electron chi connectivity index (χ0n) is 8.60. The van der Waals surface area contributed by atoms with Crippen molar-refractivity contribution in [3.63, 3.8) is 0 Å². The summed E-state index contributed by atoms with van der Waals surface area (Å²) in [6.07, 6.45) is 7.42. The van der Waals surface area contributed by atoms with E-state index in [1.165, 1.54) is 56.2 Å². The molecule has 3 heterocycles. The van der Waals surface area contributed by atoms with E-state index in [9.17, 15) is 0 Å². The molecule has 1 heteroatoms. The third kappa shape index (κ3) is 1.28. The maximum Gasteiger partial charge on any atom is 0.0790 e. The van der Waals surface area contributed by atoms with E-state index < -0.39 is 0 Å². The van der Waals surface area contributed by atoms with E-state index in [0.29, 0.717) is 0 Å². The number of rotatable bonds is 2. The lowest BCUT2D eigenvalue weighted by molar-refractivity contribution is -0.927. The molecule has 0 saturated carbocycles. The van der Waals surface area contributed by atoms with Gasteiger partial charge >= 0.3 is 0 Å². The Morgan fingerprint density at radius 3 is 2.00 bits per heavy atom. The highest BCUT2D eigenvalue weighted by atomic mass is 15.3. The van der Waals surface area contributed by atoms with Gasteiger partial charge in [-0.3, -0.25) is 0 Å². The maximum atomic E-state index is 2.44. The van der Waals surface area contributed by atoms with Gasteiger partial charge in [0.2, 0.25) is 0 Å². The first-order valence-electron chi connectivity index (χ1n) is 5.52. The number of fused-ring (bicyclic) bond motifs is 3. The van der Waals surface area contributed by atoms with Crippen molar-refractivity contribution in [2.45, 2.75) is 39.0 Å². The van der Waals surface area contributed by atoms with E-state index in [1.54, 1.807) is 0 Å². The number of piperidine rings is 3. The zero-order valence-corrected chi connectivity index (χ0v) is 8.60. The van der Waals surface area contributed by atoms with E-state index in [-0.39, 0.29) is 0 Å². The molecule has 0 atom stereocenters. The van der Waals surface area contributed by atoms with Gasteiger partial charge in [0.25, 0.3) is 0 Å². The summed E-state index contributed by atoms with van der Waals surface area (Å²) in [6.45, 7) is 6.71. The lowest BCUT2D eigenvalue weighted by atomic mass is 9.68. The summed E-state index contributed by atoms with van der Waals surface area (Å²) in [5.74, 6) is 0. The fourth-order valence-corrected chi connectivity index (χ4v) is 3.14. The highest BCUT2D eigenvalue weighted by molar-refractivity contribution is 4.85. The van der Waals surface area contributed by atoms with Crippen molar-refractivity contribution >= 4 is 0 Å². The van der Waals surface area contributed by atoms with E-state index in [0.717, 1.165) is 5.41 Å². The van der Waals surface area contributed by atoms with Gasteiger partial charge in [0.15, 0.2) is 0 Å². The van der Waals surface area contributed by atoms with Crippen molar-refractivity contribution in [2.24, 2.45) is 5.41 Å². The molecule has 0 spiro atoms. The van der Waals surface area contributed by atoms with Gasteiger partial charge in [-0.15, -0.1) is 0 Å². The van der Waals surface area contributed by atoms with E-state index in [2.05, 4.69) is 14.0 Å². The number of nitrogens with zero attached hydrogens (tertiary/aromatic N) is 1. The average Bonchev–Trinajstić information content (AvgIpc) is 2.08. The molecule has 1 nitrogen and oxygen atoms in total. The van der Waals surface area contributed by atoms with Crippen molar-refractivity contribution < 1.29 is 4.48 Å². The molecule has 0 amide bonds. The highest BCUT2D eigenvalue weighted by Crippen LogP contribution is 2.45. The summed E-state index contributed by atoms with van der Waals surface area (Å²) in [4.78, 5) is 0. The Bertz CT molecular complexity index is 149. The van der Waals surface area contributed by atoms with E-state index in [4.69, 9.17) is 0 Å². The van der Waals surface area contributed by atoms with E-state index in [1.807, 2.05) is 0 Å². The molecule has 2 bridgehead atoms. The van der Waals surface area contributed by atoms with Crippen molar-refractivity contribution in [3.8, 4) is 0 Å². The molecule has 0 aromatic carbocycles. The quantitative estimate of drug-likeness (QED) is 0.555. The summed E-state index contributed by atoms with van der Waals surface area (Å²) in [7, 11) is 2.44. The minimum Gasteiger partial charge on any atom is -0.326 e. The molecule has 3 aliphatic rings. The minimum atomic E-state index is 0.796. The molecule has 3 fully saturated rings. The van der Waals surface area contributed by atoms with Crippen LogP contribution in [0, 0.1) is 5.41 Å². The molecule has 0 aliphatic carbocycles. The molecular weight excluding hydrogens is 146 g/mol. The lowest BCUT2D eigenvalue weighted by Gasteiger charge is -2.53. The Kier molecular flexibility index (Phi) is 1.95. The number of quaternary nitrogens is 1. The van der Waals surface area contributed by atoms with Gasteiger partial charge in [-0.05, 0) is 11.8 Å². The number of hydrogen-bond donors (Lipinski definition) is 0. The molecule has 3 aliphatic heterocycles. The lowest BCUT2D eigenvalue weighted by Crippen LogP contribution is -2.59. The standard InChI is InChI=1S/C11H22N/c1-3-4-11-5-8-12(2,9-6-11)10-7-11/h3-10H2,1-2H3/q+1. The van der Waals surface area contributed by atoms with Crippen molar-refractivity contribution in [1.82, 2.24) is 0 Å². The Labute approximate surface area is 76.3 Å². The van der Waals surface area contributed by atoms with Crippen LogP contribution in [0.4, 0.5) is 0 Å². The summed E-state index contributed by atoms with van der Waals surface area (Å²) in [5.41, 5.74) is 0.796. The summed E-state index contributed by atoms with van der Waals surface area (Å²) in [5, 5.41) is 0. The van der Waals surface area contributed by atoms with Crippen LogP contribution in [0.2, 0.25) is 0 Å². The van der Waals surface area contributed by atoms with Gasteiger partial charge in [0, 0.05) is 19.3 Å². The Balaban J connectivity index is 2.04. The Morgan fingerprint density at radius 1 is 1.08 bits per heavy atom. The van der Waals surface area contributed by atoms with Gasteiger partial charge in [0.05, 0.1) is 26.7 Å². The van der Waals surface area contributed by atoms with Crippen LogP contribution in [0.5, 0.6) is 0 Å². The molecule has 0 radical (unpaired) electrons. The third-order valence-corrected chi connectivity index (χ3v) is 4.33. The first-order valence-corrected chi connectivity index (χ1v) is 5.52. The second-order valence-electron chi connectivity index (χ2n) is 5.29. The Morgan fingerprint density at radius 2 is 1.58 bits per heavy atom. The zero-order chi connectivity index (χ0) is 8.66. The summed E-state index contributed by atoms with van der Waals surface area (Å²) < 4.78 is 1.38. The predicted molar refractivity (Wildman–Crippen MR) is 52.0 cm³/mol. The fourth-order valence-electron chi connectivity index (χ4n) is 3.14. The fraction of sp³-hybridized carbons (Fsp3) is 1.00. The molecule has 0 N–H and O–H groups in total. The topological polar surface area (TPSA) is 0 Å². The summed E-state index contributed by atoms with van der Waals surface area (Å²) >= 11 is 0. The van der Waals surface area contributed by atoms with Crippen LogP contribution in [0.3, 0.4) is 0 Å². The van der Waals surface area contributed by atoms with Crippen LogP contribution in [0.1, 0.15) is 39.0 Å².